The highest BCUT2D eigenvalue weighted by atomic mass is 127. The molecule has 1 aliphatic heterocycles. The summed E-state index contributed by atoms with van der Waals surface area (Å²) in [7, 11) is -2.41. The Kier molecular flexibility index (Phi) is 8.80. The number of hydrogen-bond acceptors (Lipinski definition) is 5. The molecule has 8 heteroatoms. The molecule has 35 heavy (non-hydrogen) atoms. The number of halogens is 1. The van der Waals surface area contributed by atoms with Crippen molar-refractivity contribution >= 4 is 30.9 Å². The molecule has 2 heterocycles. The standard InChI is InChI=1S/C27H36IN3O3Si/c1-19-25(14-11-20-9-12-22(28)13-10-20)34-26(27(19)35(2,3)33)15-16-31-17-24(29-30-31)23(18-32)21-7-5-4-6-8-21/h4-10,12-13,17,19,23,25-27,32-33H,11,14-16,18H2,1-3H3/t19-,23?,25+,26-,27+/m1/s1. The van der Waals surface area contributed by atoms with Crippen molar-refractivity contribution in [1.82, 2.24) is 15.0 Å². The summed E-state index contributed by atoms with van der Waals surface area (Å²) in [6.07, 6.45) is 4.80. The molecule has 0 bridgehead atoms. The highest BCUT2D eigenvalue weighted by Crippen LogP contribution is 2.45. The minimum absolute atomic E-state index is 0.00815. The third-order valence-corrected chi connectivity index (χ3v) is 10.5. The molecule has 0 amide bonds. The van der Waals surface area contributed by atoms with Crippen molar-refractivity contribution in [2.75, 3.05) is 6.61 Å². The molecule has 1 fully saturated rings. The Morgan fingerprint density at radius 1 is 1.06 bits per heavy atom. The van der Waals surface area contributed by atoms with Crippen LogP contribution in [0.2, 0.25) is 18.6 Å². The molecular weight excluding hydrogens is 569 g/mol. The molecule has 0 spiro atoms. The highest BCUT2D eigenvalue weighted by molar-refractivity contribution is 14.1. The molecule has 2 aromatic carbocycles. The van der Waals surface area contributed by atoms with E-state index >= 15 is 0 Å². The summed E-state index contributed by atoms with van der Waals surface area (Å²) in [6, 6.07) is 18.6. The topological polar surface area (TPSA) is 80.4 Å². The molecule has 3 aromatic rings. The molecule has 2 N–H and O–H groups in total. The van der Waals surface area contributed by atoms with Gasteiger partial charge in [0.25, 0.3) is 0 Å². The molecule has 1 aliphatic rings. The number of hydrogen-bond donors (Lipinski definition) is 2. The maximum Gasteiger partial charge on any atom is 0.188 e. The SMILES string of the molecule is C[C@H]1[C@H]([Si](C)(C)O)[C@@H](CCn2cc(C(CO)c3ccccc3)nn2)O[C@H]1CCc1ccc(I)cc1. The third kappa shape index (κ3) is 6.59. The van der Waals surface area contributed by atoms with E-state index in [1.165, 1.54) is 9.13 Å². The summed E-state index contributed by atoms with van der Waals surface area (Å²) in [4.78, 5) is 11.1. The van der Waals surface area contributed by atoms with Crippen molar-refractivity contribution in [3.63, 3.8) is 0 Å². The molecule has 0 saturated carbocycles. The minimum atomic E-state index is -2.41. The van der Waals surface area contributed by atoms with Gasteiger partial charge in [0, 0.05) is 21.9 Å². The van der Waals surface area contributed by atoms with Crippen LogP contribution in [0.5, 0.6) is 0 Å². The Morgan fingerprint density at radius 3 is 2.43 bits per heavy atom. The second-order valence-corrected chi connectivity index (χ2v) is 15.5. The van der Waals surface area contributed by atoms with Crippen LogP contribution in [0, 0.1) is 9.49 Å². The molecular formula is C27H36IN3O3Si. The number of nitrogens with zero attached hydrogens (tertiary/aromatic N) is 3. The number of aromatic nitrogens is 3. The lowest BCUT2D eigenvalue weighted by Gasteiger charge is -2.30. The normalized spacial score (nSPS) is 23.5. The van der Waals surface area contributed by atoms with Crippen LogP contribution >= 0.6 is 22.6 Å². The Balaban J connectivity index is 1.40. The summed E-state index contributed by atoms with van der Waals surface area (Å²) in [5.74, 6) is 0.133. The molecule has 0 aliphatic carbocycles. The number of aliphatic hydroxyl groups is 1. The predicted octanol–water partition coefficient (Wildman–Crippen LogP) is 5.00. The number of aryl methyl sites for hydroxylation is 2. The van der Waals surface area contributed by atoms with Gasteiger partial charge in [0.2, 0.25) is 0 Å². The fourth-order valence-corrected chi connectivity index (χ4v) is 8.55. The van der Waals surface area contributed by atoms with Crippen LogP contribution in [-0.4, -0.2) is 52.0 Å². The zero-order chi connectivity index (χ0) is 25.0. The quantitative estimate of drug-likeness (QED) is 0.251. The lowest BCUT2D eigenvalue weighted by molar-refractivity contribution is 0.0245. The van der Waals surface area contributed by atoms with E-state index in [2.05, 4.69) is 64.1 Å². The third-order valence-electron chi connectivity index (χ3n) is 7.29. The van der Waals surface area contributed by atoms with E-state index in [-0.39, 0.29) is 30.3 Å². The summed E-state index contributed by atoms with van der Waals surface area (Å²) in [5, 5.41) is 18.6. The van der Waals surface area contributed by atoms with Crippen LogP contribution < -0.4 is 0 Å². The van der Waals surface area contributed by atoms with Crippen molar-refractivity contribution in [2.24, 2.45) is 5.92 Å². The maximum atomic E-state index is 11.1. The maximum absolute atomic E-state index is 11.1. The van der Waals surface area contributed by atoms with Crippen LogP contribution in [0.3, 0.4) is 0 Å². The van der Waals surface area contributed by atoms with Crippen molar-refractivity contribution in [3.05, 3.63) is 81.2 Å². The Labute approximate surface area is 223 Å². The first kappa shape index (κ1) is 26.5. The van der Waals surface area contributed by atoms with E-state index in [9.17, 15) is 9.90 Å². The first-order chi connectivity index (χ1) is 16.8. The molecule has 4 rings (SSSR count). The van der Waals surface area contributed by atoms with Crippen molar-refractivity contribution in [2.45, 2.75) is 69.5 Å². The predicted molar refractivity (Wildman–Crippen MR) is 149 cm³/mol. The molecule has 0 radical (unpaired) electrons. The monoisotopic (exact) mass is 605 g/mol. The van der Waals surface area contributed by atoms with Crippen LogP contribution in [0.1, 0.15) is 42.5 Å². The Hall–Kier alpha value is -1.59. The van der Waals surface area contributed by atoms with Gasteiger partial charge in [-0.3, -0.25) is 4.68 Å². The zero-order valence-corrected chi connectivity index (χ0v) is 23.9. The smallest absolute Gasteiger partial charge is 0.188 e. The van der Waals surface area contributed by atoms with E-state index in [1.807, 2.05) is 54.3 Å². The summed E-state index contributed by atoms with van der Waals surface area (Å²) in [5.41, 5.74) is 3.30. The van der Waals surface area contributed by atoms with E-state index in [0.717, 1.165) is 30.5 Å². The summed E-state index contributed by atoms with van der Waals surface area (Å²) >= 11 is 2.33. The average molecular weight is 606 g/mol. The minimum Gasteiger partial charge on any atom is -0.432 e. The van der Waals surface area contributed by atoms with Gasteiger partial charge in [-0.1, -0.05) is 54.6 Å². The van der Waals surface area contributed by atoms with Crippen LogP contribution in [-0.2, 0) is 17.7 Å². The number of benzene rings is 2. The van der Waals surface area contributed by atoms with E-state index in [0.29, 0.717) is 12.5 Å². The number of ether oxygens (including phenoxy) is 1. The molecule has 188 valence electrons. The second kappa shape index (κ2) is 11.6. The van der Waals surface area contributed by atoms with Gasteiger partial charge in [0.05, 0.1) is 30.4 Å². The van der Waals surface area contributed by atoms with Crippen molar-refractivity contribution in [3.8, 4) is 0 Å². The second-order valence-electron chi connectivity index (χ2n) is 10.3. The fraction of sp³-hybridized carbons (Fsp3) is 0.481. The van der Waals surface area contributed by atoms with Crippen LogP contribution in [0.25, 0.3) is 0 Å². The number of rotatable bonds is 10. The lowest BCUT2D eigenvalue weighted by Crippen LogP contribution is -2.40. The van der Waals surface area contributed by atoms with Gasteiger partial charge in [-0.05, 0) is 84.1 Å². The molecule has 5 atom stereocenters. The Morgan fingerprint density at radius 2 is 1.77 bits per heavy atom. The highest BCUT2D eigenvalue weighted by Gasteiger charge is 2.49. The molecule has 6 nitrogen and oxygen atoms in total. The molecule has 1 unspecified atom stereocenters. The summed E-state index contributed by atoms with van der Waals surface area (Å²) < 4.78 is 9.69. The number of aliphatic hydroxyl groups excluding tert-OH is 1. The van der Waals surface area contributed by atoms with Gasteiger partial charge in [-0.2, -0.15) is 0 Å². The van der Waals surface area contributed by atoms with Crippen LogP contribution in [0.15, 0.2) is 60.8 Å². The van der Waals surface area contributed by atoms with Crippen molar-refractivity contribution < 1.29 is 14.6 Å². The first-order valence-electron chi connectivity index (χ1n) is 12.4. The largest absolute Gasteiger partial charge is 0.432 e. The van der Waals surface area contributed by atoms with Gasteiger partial charge in [-0.15, -0.1) is 5.10 Å². The fourth-order valence-electron chi connectivity index (χ4n) is 5.54. The molecule has 1 aromatic heterocycles. The van der Waals surface area contributed by atoms with Gasteiger partial charge >= 0.3 is 0 Å². The van der Waals surface area contributed by atoms with Crippen LogP contribution in [0.4, 0.5) is 0 Å². The zero-order valence-electron chi connectivity index (χ0n) is 20.7. The van der Waals surface area contributed by atoms with E-state index < -0.39 is 8.32 Å². The van der Waals surface area contributed by atoms with E-state index in [1.54, 1.807) is 0 Å². The Bertz CT molecular complexity index is 1070. The van der Waals surface area contributed by atoms with Gasteiger partial charge < -0.3 is 14.6 Å². The van der Waals surface area contributed by atoms with Crippen molar-refractivity contribution in [1.29, 1.82) is 0 Å². The van der Waals surface area contributed by atoms with Gasteiger partial charge in [-0.25, -0.2) is 0 Å². The molecule has 1 saturated heterocycles. The first-order valence-corrected chi connectivity index (χ1v) is 16.5. The van der Waals surface area contributed by atoms with E-state index in [4.69, 9.17) is 4.74 Å². The summed E-state index contributed by atoms with van der Waals surface area (Å²) in [6.45, 7) is 6.97. The lowest BCUT2D eigenvalue weighted by atomic mass is 9.95. The average Bonchev–Trinajstić information content (AvgIpc) is 3.42. The van der Waals surface area contributed by atoms with Gasteiger partial charge in [0.15, 0.2) is 8.32 Å². The van der Waals surface area contributed by atoms with Gasteiger partial charge in [0.1, 0.15) is 0 Å².